The molecule has 0 aromatic heterocycles. The number of rotatable bonds is 4. The van der Waals surface area contributed by atoms with Crippen LogP contribution < -0.4 is 4.74 Å². The number of methoxy groups -OCH3 is 1. The lowest BCUT2D eigenvalue weighted by Gasteiger charge is -2.38. The predicted molar refractivity (Wildman–Crippen MR) is 66.2 cm³/mol. The average Bonchev–Trinajstić information content (AvgIpc) is 2.31. The zero-order valence-electron chi connectivity index (χ0n) is 10.9. The molecule has 1 saturated carbocycles. The highest BCUT2D eigenvalue weighted by Crippen LogP contribution is 2.50. The largest absolute Gasteiger partial charge is 0.496 e. The molecule has 0 atom stereocenters. The maximum absolute atomic E-state index is 13.6. The van der Waals surface area contributed by atoms with Crippen molar-refractivity contribution in [2.24, 2.45) is 4.99 Å². The summed E-state index contributed by atoms with van der Waals surface area (Å²) in [6, 6.07) is 4.57. The van der Waals surface area contributed by atoms with Crippen LogP contribution in [0.15, 0.2) is 23.2 Å². The lowest BCUT2D eigenvalue weighted by molar-refractivity contribution is 0.0146. The van der Waals surface area contributed by atoms with Crippen LogP contribution in [0.5, 0.6) is 5.75 Å². The molecule has 19 heavy (non-hydrogen) atoms. The standard InChI is InChI=1S/C14H15F2NO2/c1-13(15,16)10-5-3-6-11(12(10)19-2)14(17-9-18)7-4-8-14/h3,5-6H,4,7-8H2,1-2H3. The molecule has 0 spiro atoms. The van der Waals surface area contributed by atoms with Crippen LogP contribution in [0.1, 0.15) is 37.3 Å². The van der Waals surface area contributed by atoms with Crippen molar-refractivity contribution >= 4 is 6.08 Å². The van der Waals surface area contributed by atoms with Crippen LogP contribution in [0.4, 0.5) is 8.78 Å². The molecule has 1 aromatic carbocycles. The minimum absolute atomic E-state index is 0.119. The maximum Gasteiger partial charge on any atom is 0.274 e. The van der Waals surface area contributed by atoms with E-state index in [2.05, 4.69) is 4.99 Å². The smallest absolute Gasteiger partial charge is 0.274 e. The van der Waals surface area contributed by atoms with Gasteiger partial charge in [0, 0.05) is 12.5 Å². The summed E-state index contributed by atoms with van der Waals surface area (Å²) >= 11 is 0. The van der Waals surface area contributed by atoms with Crippen molar-refractivity contribution < 1.29 is 18.3 Å². The van der Waals surface area contributed by atoms with E-state index in [9.17, 15) is 13.6 Å². The van der Waals surface area contributed by atoms with E-state index in [0.29, 0.717) is 18.4 Å². The van der Waals surface area contributed by atoms with Gasteiger partial charge in [0.2, 0.25) is 6.08 Å². The SMILES string of the molecule is COc1c(C(C)(F)F)cccc1C1(N=C=O)CCC1. The first kappa shape index (κ1) is 13.7. The fourth-order valence-electron chi connectivity index (χ4n) is 2.51. The quantitative estimate of drug-likeness (QED) is 0.618. The zero-order chi connectivity index (χ0) is 14.1. The number of nitrogens with zero attached hydrogens (tertiary/aromatic N) is 1. The highest BCUT2D eigenvalue weighted by molar-refractivity contribution is 5.50. The Kier molecular flexibility index (Phi) is 3.42. The van der Waals surface area contributed by atoms with Crippen LogP contribution in [0, 0.1) is 0 Å². The molecular weight excluding hydrogens is 252 g/mol. The number of halogens is 2. The van der Waals surface area contributed by atoms with Gasteiger partial charge in [-0.15, -0.1) is 0 Å². The Bertz CT molecular complexity index is 527. The molecule has 1 aromatic rings. The van der Waals surface area contributed by atoms with Gasteiger partial charge in [0.15, 0.2) is 0 Å². The van der Waals surface area contributed by atoms with Crippen molar-refractivity contribution in [1.82, 2.24) is 0 Å². The average molecular weight is 267 g/mol. The first-order chi connectivity index (χ1) is 8.94. The lowest BCUT2D eigenvalue weighted by atomic mass is 9.71. The number of isocyanates is 1. The third kappa shape index (κ3) is 2.26. The van der Waals surface area contributed by atoms with Crippen LogP contribution in [-0.4, -0.2) is 13.2 Å². The summed E-state index contributed by atoms with van der Waals surface area (Å²) < 4.78 is 32.3. The Morgan fingerprint density at radius 3 is 2.53 bits per heavy atom. The van der Waals surface area contributed by atoms with E-state index in [1.165, 1.54) is 13.2 Å². The van der Waals surface area contributed by atoms with E-state index in [-0.39, 0.29) is 11.3 Å². The number of ether oxygens (including phenoxy) is 1. The number of hydrogen-bond acceptors (Lipinski definition) is 3. The van der Waals surface area contributed by atoms with Gasteiger partial charge < -0.3 is 4.74 Å². The van der Waals surface area contributed by atoms with E-state index in [1.807, 2.05) is 0 Å². The molecule has 0 heterocycles. The van der Waals surface area contributed by atoms with E-state index >= 15 is 0 Å². The van der Waals surface area contributed by atoms with Gasteiger partial charge in [-0.2, -0.15) is 4.99 Å². The zero-order valence-corrected chi connectivity index (χ0v) is 10.9. The van der Waals surface area contributed by atoms with Crippen LogP contribution in [0.3, 0.4) is 0 Å². The van der Waals surface area contributed by atoms with Crippen LogP contribution in [0.25, 0.3) is 0 Å². The number of hydrogen-bond donors (Lipinski definition) is 0. The molecule has 0 saturated heterocycles. The minimum atomic E-state index is -3.00. The fraction of sp³-hybridized carbons (Fsp3) is 0.500. The molecule has 0 radical (unpaired) electrons. The van der Waals surface area contributed by atoms with E-state index in [1.54, 1.807) is 18.2 Å². The third-order valence-corrected chi connectivity index (χ3v) is 3.63. The Morgan fingerprint density at radius 2 is 2.11 bits per heavy atom. The van der Waals surface area contributed by atoms with Crippen LogP contribution in [-0.2, 0) is 16.3 Å². The molecule has 5 heteroatoms. The normalized spacial score (nSPS) is 17.3. The van der Waals surface area contributed by atoms with Crippen molar-refractivity contribution in [3.8, 4) is 5.75 Å². The van der Waals surface area contributed by atoms with Gasteiger partial charge in [-0.05, 0) is 25.3 Å². The second-order valence-corrected chi connectivity index (χ2v) is 4.86. The van der Waals surface area contributed by atoms with Gasteiger partial charge >= 0.3 is 0 Å². The number of alkyl halides is 2. The number of para-hydroxylation sites is 1. The van der Waals surface area contributed by atoms with Gasteiger partial charge in [0.25, 0.3) is 5.92 Å². The highest BCUT2D eigenvalue weighted by atomic mass is 19.3. The Labute approximate surface area is 110 Å². The molecule has 0 bridgehead atoms. The van der Waals surface area contributed by atoms with Crippen molar-refractivity contribution in [2.75, 3.05) is 7.11 Å². The van der Waals surface area contributed by atoms with Crippen molar-refractivity contribution in [1.29, 1.82) is 0 Å². The Hall–Kier alpha value is -1.74. The highest BCUT2D eigenvalue weighted by Gasteiger charge is 2.43. The molecule has 1 aliphatic rings. The lowest BCUT2D eigenvalue weighted by Crippen LogP contribution is -2.33. The number of aliphatic imine (C=N–C) groups is 1. The van der Waals surface area contributed by atoms with Gasteiger partial charge in [-0.25, -0.2) is 13.6 Å². The maximum atomic E-state index is 13.6. The van der Waals surface area contributed by atoms with Crippen molar-refractivity contribution in [2.45, 2.75) is 37.6 Å². The van der Waals surface area contributed by atoms with Crippen molar-refractivity contribution in [3.05, 3.63) is 29.3 Å². The summed E-state index contributed by atoms with van der Waals surface area (Å²) in [6.07, 6.45) is 3.75. The summed E-state index contributed by atoms with van der Waals surface area (Å²) in [7, 11) is 1.35. The fourth-order valence-corrected chi connectivity index (χ4v) is 2.51. The molecule has 2 rings (SSSR count). The van der Waals surface area contributed by atoms with E-state index in [0.717, 1.165) is 13.3 Å². The summed E-state index contributed by atoms with van der Waals surface area (Å²) in [5.74, 6) is -2.88. The van der Waals surface area contributed by atoms with Crippen LogP contribution >= 0.6 is 0 Å². The minimum Gasteiger partial charge on any atom is -0.496 e. The molecule has 0 N–H and O–H groups in total. The molecule has 0 amide bonds. The predicted octanol–water partition coefficient (Wildman–Crippen LogP) is 3.52. The summed E-state index contributed by atoms with van der Waals surface area (Å²) in [5.41, 5.74) is -0.377. The first-order valence-corrected chi connectivity index (χ1v) is 6.09. The monoisotopic (exact) mass is 267 g/mol. The van der Waals surface area contributed by atoms with Gasteiger partial charge in [0.1, 0.15) is 11.3 Å². The van der Waals surface area contributed by atoms with Gasteiger partial charge in [0.05, 0.1) is 12.7 Å². The molecule has 1 aliphatic carbocycles. The molecule has 1 fully saturated rings. The number of carbonyl (C=O) groups excluding carboxylic acids is 1. The van der Waals surface area contributed by atoms with Gasteiger partial charge in [-0.1, -0.05) is 12.1 Å². The summed E-state index contributed by atoms with van der Waals surface area (Å²) in [5, 5.41) is 0. The summed E-state index contributed by atoms with van der Waals surface area (Å²) in [4.78, 5) is 14.4. The third-order valence-electron chi connectivity index (χ3n) is 3.63. The topological polar surface area (TPSA) is 38.7 Å². The second-order valence-electron chi connectivity index (χ2n) is 4.86. The Balaban J connectivity index is 2.61. The number of benzene rings is 1. The molecule has 3 nitrogen and oxygen atoms in total. The van der Waals surface area contributed by atoms with E-state index in [4.69, 9.17) is 4.74 Å². The first-order valence-electron chi connectivity index (χ1n) is 6.09. The molecular formula is C14H15F2NO2. The summed E-state index contributed by atoms with van der Waals surface area (Å²) in [6.45, 7) is 0.824. The van der Waals surface area contributed by atoms with Gasteiger partial charge in [-0.3, -0.25) is 0 Å². The molecule has 102 valence electrons. The van der Waals surface area contributed by atoms with Crippen LogP contribution in [0.2, 0.25) is 0 Å². The Morgan fingerprint density at radius 1 is 1.42 bits per heavy atom. The second kappa shape index (κ2) is 4.74. The molecule has 0 unspecified atom stereocenters. The molecule has 0 aliphatic heterocycles. The van der Waals surface area contributed by atoms with Crippen molar-refractivity contribution in [3.63, 3.8) is 0 Å². The van der Waals surface area contributed by atoms with E-state index < -0.39 is 11.5 Å².